The van der Waals surface area contributed by atoms with E-state index in [1.165, 1.54) is 12.1 Å². The van der Waals surface area contributed by atoms with Gasteiger partial charge in [-0.3, -0.25) is 0 Å². The van der Waals surface area contributed by atoms with Crippen LogP contribution in [0.25, 0.3) is 16.6 Å². The zero-order valence-corrected chi connectivity index (χ0v) is 12.1. The molecule has 0 atom stereocenters. The summed E-state index contributed by atoms with van der Waals surface area (Å²) in [6.07, 6.45) is 2.14. The van der Waals surface area contributed by atoms with Crippen LogP contribution in [0, 0.1) is 5.82 Å². The molecule has 0 N–H and O–H groups in total. The third-order valence-corrected chi connectivity index (χ3v) is 3.79. The van der Waals surface area contributed by atoms with E-state index in [4.69, 9.17) is 11.6 Å². The van der Waals surface area contributed by atoms with Crippen LogP contribution in [0.2, 0.25) is 5.02 Å². The normalized spacial score (nSPS) is 11.4. The molecule has 4 nitrogen and oxygen atoms in total. The molecule has 0 amide bonds. The van der Waals surface area contributed by atoms with Gasteiger partial charge in [0.05, 0.1) is 15.9 Å². The summed E-state index contributed by atoms with van der Waals surface area (Å²) in [7, 11) is 0. The first-order chi connectivity index (χ1) is 10.7. The molecule has 0 unspecified atom stereocenters. The van der Waals surface area contributed by atoms with Crippen LogP contribution in [0.1, 0.15) is 11.4 Å². The maximum atomic E-state index is 13.0. The van der Waals surface area contributed by atoms with Gasteiger partial charge in [0.15, 0.2) is 11.5 Å². The van der Waals surface area contributed by atoms with E-state index in [1.807, 2.05) is 12.1 Å². The molecule has 6 heteroatoms. The summed E-state index contributed by atoms with van der Waals surface area (Å²) in [6.45, 7) is 0. The largest absolute Gasteiger partial charge is 0.236 e. The van der Waals surface area contributed by atoms with Crippen molar-refractivity contribution in [1.82, 2.24) is 19.6 Å². The molecule has 0 aliphatic rings. The van der Waals surface area contributed by atoms with Gasteiger partial charge < -0.3 is 0 Å². The number of fused-ring (bicyclic) bond motifs is 3. The predicted octanol–water partition coefficient (Wildman–Crippen LogP) is 3.66. The second-order valence-electron chi connectivity index (χ2n) is 4.98. The van der Waals surface area contributed by atoms with Gasteiger partial charge in [-0.15, -0.1) is 5.10 Å². The van der Waals surface area contributed by atoms with Crippen LogP contribution >= 0.6 is 11.6 Å². The fourth-order valence-electron chi connectivity index (χ4n) is 2.44. The third-order valence-electron chi connectivity index (χ3n) is 3.47. The van der Waals surface area contributed by atoms with Crippen molar-refractivity contribution in [2.45, 2.75) is 6.42 Å². The van der Waals surface area contributed by atoms with E-state index in [1.54, 1.807) is 29.0 Å². The monoisotopic (exact) mass is 312 g/mol. The lowest BCUT2D eigenvalue weighted by Crippen LogP contribution is -1.93. The molecular formula is C16H10ClFN4. The minimum Gasteiger partial charge on any atom is -0.236 e. The Hall–Kier alpha value is -2.53. The van der Waals surface area contributed by atoms with E-state index in [0.29, 0.717) is 22.9 Å². The summed E-state index contributed by atoms with van der Waals surface area (Å²) in [6, 6.07) is 11.9. The van der Waals surface area contributed by atoms with Gasteiger partial charge in [-0.25, -0.2) is 18.9 Å². The first kappa shape index (κ1) is 13.2. The molecule has 0 spiro atoms. The standard InChI is InChI=1S/C16H10ClFN4/c17-12-2-1-3-13-15(12)16-20-14(21-22(16)9-19-13)8-10-4-6-11(18)7-5-10/h1-7,9H,8H2. The predicted molar refractivity (Wildman–Crippen MR) is 82.5 cm³/mol. The first-order valence-corrected chi connectivity index (χ1v) is 7.11. The average molecular weight is 313 g/mol. The molecule has 2 heterocycles. The first-order valence-electron chi connectivity index (χ1n) is 6.73. The van der Waals surface area contributed by atoms with E-state index in [-0.39, 0.29) is 5.82 Å². The number of rotatable bonds is 2. The summed E-state index contributed by atoms with van der Waals surface area (Å²) >= 11 is 6.26. The van der Waals surface area contributed by atoms with E-state index in [9.17, 15) is 4.39 Å². The second kappa shape index (κ2) is 5.03. The van der Waals surface area contributed by atoms with E-state index < -0.39 is 0 Å². The van der Waals surface area contributed by atoms with Crippen LogP contribution in [-0.2, 0) is 6.42 Å². The van der Waals surface area contributed by atoms with Crippen molar-refractivity contribution < 1.29 is 4.39 Å². The Bertz CT molecular complexity index is 979. The van der Waals surface area contributed by atoms with E-state index in [2.05, 4.69) is 15.1 Å². The number of nitrogens with zero attached hydrogens (tertiary/aromatic N) is 4. The van der Waals surface area contributed by atoms with Gasteiger partial charge in [0, 0.05) is 6.42 Å². The fraction of sp³-hybridized carbons (Fsp3) is 0.0625. The van der Waals surface area contributed by atoms with Crippen LogP contribution in [0.15, 0.2) is 48.8 Å². The molecule has 22 heavy (non-hydrogen) atoms. The average Bonchev–Trinajstić information content (AvgIpc) is 2.92. The van der Waals surface area contributed by atoms with Crippen LogP contribution in [-0.4, -0.2) is 19.6 Å². The van der Waals surface area contributed by atoms with Gasteiger partial charge in [-0.05, 0) is 29.8 Å². The Morgan fingerprint density at radius 3 is 2.73 bits per heavy atom. The van der Waals surface area contributed by atoms with Crippen molar-refractivity contribution in [3.8, 4) is 0 Å². The van der Waals surface area contributed by atoms with Gasteiger partial charge in [-0.2, -0.15) is 0 Å². The van der Waals surface area contributed by atoms with Crippen LogP contribution in [0.3, 0.4) is 0 Å². The highest BCUT2D eigenvalue weighted by molar-refractivity contribution is 6.36. The van der Waals surface area contributed by atoms with Gasteiger partial charge >= 0.3 is 0 Å². The molecule has 0 saturated carbocycles. The molecule has 0 bridgehead atoms. The maximum absolute atomic E-state index is 13.0. The van der Waals surface area contributed by atoms with Crippen LogP contribution in [0.5, 0.6) is 0 Å². The number of aromatic nitrogens is 4. The van der Waals surface area contributed by atoms with Crippen molar-refractivity contribution in [3.05, 3.63) is 71.0 Å². The number of hydrogen-bond acceptors (Lipinski definition) is 3. The Labute approximate surface area is 130 Å². The fourth-order valence-corrected chi connectivity index (χ4v) is 2.69. The van der Waals surface area contributed by atoms with Crippen molar-refractivity contribution in [2.75, 3.05) is 0 Å². The SMILES string of the molecule is Fc1ccc(Cc2nc3c4c(Cl)cccc4ncn3n2)cc1. The number of benzene rings is 2. The highest BCUT2D eigenvalue weighted by atomic mass is 35.5. The van der Waals surface area contributed by atoms with Gasteiger partial charge in [0.2, 0.25) is 0 Å². The highest BCUT2D eigenvalue weighted by Gasteiger charge is 2.11. The molecule has 2 aromatic heterocycles. The smallest absolute Gasteiger partial charge is 0.168 e. The lowest BCUT2D eigenvalue weighted by Gasteiger charge is -1.99. The molecule has 0 aliphatic carbocycles. The molecule has 108 valence electrons. The lowest BCUT2D eigenvalue weighted by atomic mass is 10.1. The molecule has 2 aromatic carbocycles. The molecule has 0 radical (unpaired) electrons. The molecule has 4 aromatic rings. The topological polar surface area (TPSA) is 43.1 Å². The van der Waals surface area contributed by atoms with Crippen LogP contribution < -0.4 is 0 Å². The van der Waals surface area contributed by atoms with Crippen molar-refractivity contribution in [2.24, 2.45) is 0 Å². The van der Waals surface area contributed by atoms with Gasteiger partial charge in [-0.1, -0.05) is 29.8 Å². The molecular weight excluding hydrogens is 303 g/mol. The Kier molecular flexibility index (Phi) is 3.01. The Morgan fingerprint density at radius 1 is 1.09 bits per heavy atom. The van der Waals surface area contributed by atoms with Crippen LogP contribution in [0.4, 0.5) is 4.39 Å². The van der Waals surface area contributed by atoms with Gasteiger partial charge in [0.1, 0.15) is 12.1 Å². The van der Waals surface area contributed by atoms with Crippen molar-refractivity contribution in [1.29, 1.82) is 0 Å². The minimum atomic E-state index is -0.256. The molecule has 0 saturated heterocycles. The lowest BCUT2D eigenvalue weighted by molar-refractivity contribution is 0.627. The Balaban J connectivity index is 1.83. The van der Waals surface area contributed by atoms with E-state index >= 15 is 0 Å². The Morgan fingerprint density at radius 2 is 1.91 bits per heavy atom. The van der Waals surface area contributed by atoms with Gasteiger partial charge in [0.25, 0.3) is 0 Å². The number of halogens is 2. The summed E-state index contributed by atoms with van der Waals surface area (Å²) in [5.74, 6) is 0.384. The third kappa shape index (κ3) is 2.19. The summed E-state index contributed by atoms with van der Waals surface area (Å²) < 4.78 is 14.6. The highest BCUT2D eigenvalue weighted by Crippen LogP contribution is 2.25. The van der Waals surface area contributed by atoms with Crippen molar-refractivity contribution >= 4 is 28.2 Å². The molecule has 4 rings (SSSR count). The maximum Gasteiger partial charge on any atom is 0.168 e. The summed E-state index contributed by atoms with van der Waals surface area (Å²) in [5, 5.41) is 5.79. The molecule has 0 aliphatic heterocycles. The zero-order chi connectivity index (χ0) is 15.1. The summed E-state index contributed by atoms with van der Waals surface area (Å²) in [5.41, 5.74) is 2.40. The quantitative estimate of drug-likeness (QED) is 0.567. The van der Waals surface area contributed by atoms with Crippen molar-refractivity contribution in [3.63, 3.8) is 0 Å². The number of hydrogen-bond donors (Lipinski definition) is 0. The zero-order valence-electron chi connectivity index (χ0n) is 11.4. The van der Waals surface area contributed by atoms with E-state index in [0.717, 1.165) is 16.5 Å². The second-order valence-corrected chi connectivity index (χ2v) is 5.39. The molecule has 0 fully saturated rings. The minimum absolute atomic E-state index is 0.256. The summed E-state index contributed by atoms with van der Waals surface area (Å²) in [4.78, 5) is 8.88.